The number of rotatable bonds is 4. The molecule has 3 heterocycles. The lowest BCUT2D eigenvalue weighted by molar-refractivity contribution is -0.143. The van der Waals surface area contributed by atoms with E-state index in [4.69, 9.17) is 16.1 Å². The quantitative estimate of drug-likeness (QED) is 0.240. The second-order valence-electron chi connectivity index (χ2n) is 8.04. The molecular formula is C23H13ClF6N6O. The van der Waals surface area contributed by atoms with E-state index in [1.165, 1.54) is 10.9 Å². The Labute approximate surface area is 208 Å². The summed E-state index contributed by atoms with van der Waals surface area (Å²) in [7, 11) is 0. The van der Waals surface area contributed by atoms with Crippen molar-refractivity contribution in [3.8, 4) is 22.7 Å². The topological polar surface area (TPSA) is 82.5 Å². The fraction of sp³-hybridized carbons (Fsp3) is 0.174. The van der Waals surface area contributed by atoms with Gasteiger partial charge in [-0.3, -0.25) is 0 Å². The zero-order valence-electron chi connectivity index (χ0n) is 18.6. The maximum atomic E-state index is 13.3. The maximum Gasteiger partial charge on any atom is 0.416 e. The molecule has 0 saturated carbocycles. The van der Waals surface area contributed by atoms with Crippen LogP contribution >= 0.6 is 11.6 Å². The fourth-order valence-corrected chi connectivity index (χ4v) is 4.04. The van der Waals surface area contributed by atoms with E-state index in [0.29, 0.717) is 39.3 Å². The van der Waals surface area contributed by atoms with Gasteiger partial charge in [0.25, 0.3) is 0 Å². The highest BCUT2D eigenvalue weighted by Crippen LogP contribution is 2.39. The highest BCUT2D eigenvalue weighted by molar-refractivity contribution is 6.33. The number of benzene rings is 2. The van der Waals surface area contributed by atoms with Crippen LogP contribution in [-0.4, -0.2) is 30.3 Å². The van der Waals surface area contributed by atoms with E-state index < -0.39 is 30.0 Å². The molecule has 0 fully saturated rings. The molecule has 5 aromatic rings. The summed E-state index contributed by atoms with van der Waals surface area (Å²) in [5, 5.41) is 20.8. The van der Waals surface area contributed by atoms with Crippen molar-refractivity contribution in [2.24, 2.45) is 0 Å². The van der Waals surface area contributed by atoms with Gasteiger partial charge in [-0.15, -0.1) is 10.2 Å². The third-order valence-electron chi connectivity index (χ3n) is 5.60. The first kappa shape index (κ1) is 24.7. The Morgan fingerprint density at radius 1 is 0.919 bits per heavy atom. The molecule has 3 aromatic heterocycles. The van der Waals surface area contributed by atoms with Gasteiger partial charge in [-0.1, -0.05) is 34.1 Å². The van der Waals surface area contributed by atoms with Gasteiger partial charge in [-0.2, -0.15) is 31.4 Å². The molecule has 0 amide bonds. The van der Waals surface area contributed by atoms with Crippen molar-refractivity contribution in [2.45, 2.75) is 25.8 Å². The first-order valence-electron chi connectivity index (χ1n) is 10.5. The van der Waals surface area contributed by atoms with Gasteiger partial charge in [-0.25, -0.2) is 4.68 Å². The van der Waals surface area contributed by atoms with Crippen LogP contribution in [0.15, 0.2) is 53.2 Å². The SMILES string of the molecule is Cc1c(-c2nncc3noc(-c4ccccc4Cl)c23)nnn1Cc1cc(C(F)(F)F)cc(C(F)(F)F)c1. The minimum atomic E-state index is -4.97. The van der Waals surface area contributed by atoms with E-state index in [-0.39, 0.29) is 28.8 Å². The van der Waals surface area contributed by atoms with Gasteiger partial charge in [0.15, 0.2) is 5.76 Å². The van der Waals surface area contributed by atoms with Crippen molar-refractivity contribution < 1.29 is 30.9 Å². The lowest BCUT2D eigenvalue weighted by Gasteiger charge is -2.14. The molecule has 0 saturated heterocycles. The molecule has 7 nitrogen and oxygen atoms in total. The zero-order valence-corrected chi connectivity index (χ0v) is 19.3. The zero-order chi connectivity index (χ0) is 26.5. The number of fused-ring (bicyclic) bond motifs is 1. The van der Waals surface area contributed by atoms with E-state index in [1.807, 2.05) is 0 Å². The Morgan fingerprint density at radius 3 is 2.24 bits per heavy atom. The lowest BCUT2D eigenvalue weighted by atomic mass is 10.0. The second-order valence-corrected chi connectivity index (χ2v) is 8.45. The number of hydrogen-bond acceptors (Lipinski definition) is 6. The largest absolute Gasteiger partial charge is 0.416 e. The van der Waals surface area contributed by atoms with Gasteiger partial charge in [0.05, 0.1) is 40.0 Å². The summed E-state index contributed by atoms with van der Waals surface area (Å²) in [4.78, 5) is 0. The minimum Gasteiger partial charge on any atom is -0.355 e. The van der Waals surface area contributed by atoms with Crippen LogP contribution in [0.1, 0.15) is 22.4 Å². The van der Waals surface area contributed by atoms with Crippen molar-refractivity contribution in [3.63, 3.8) is 0 Å². The van der Waals surface area contributed by atoms with Crippen LogP contribution in [-0.2, 0) is 18.9 Å². The van der Waals surface area contributed by atoms with Crippen molar-refractivity contribution >= 4 is 22.5 Å². The Bertz CT molecular complexity index is 1590. The first-order chi connectivity index (χ1) is 17.4. The molecule has 0 N–H and O–H groups in total. The lowest BCUT2D eigenvalue weighted by Crippen LogP contribution is -2.13. The van der Waals surface area contributed by atoms with Gasteiger partial charge in [0.1, 0.15) is 16.9 Å². The Morgan fingerprint density at radius 2 is 1.59 bits per heavy atom. The van der Waals surface area contributed by atoms with E-state index in [2.05, 4.69) is 25.7 Å². The average molecular weight is 539 g/mol. The van der Waals surface area contributed by atoms with Crippen LogP contribution in [0.25, 0.3) is 33.6 Å². The van der Waals surface area contributed by atoms with Crippen LogP contribution < -0.4 is 0 Å². The van der Waals surface area contributed by atoms with Crippen LogP contribution in [0, 0.1) is 6.92 Å². The highest BCUT2D eigenvalue weighted by atomic mass is 35.5. The van der Waals surface area contributed by atoms with Crippen molar-refractivity contribution in [2.75, 3.05) is 0 Å². The van der Waals surface area contributed by atoms with Gasteiger partial charge in [0, 0.05) is 5.56 Å². The number of hydrogen-bond donors (Lipinski definition) is 0. The van der Waals surface area contributed by atoms with E-state index >= 15 is 0 Å². The Balaban J connectivity index is 1.59. The molecule has 0 bridgehead atoms. The summed E-state index contributed by atoms with van der Waals surface area (Å²) >= 11 is 6.31. The molecule has 0 unspecified atom stereocenters. The number of nitrogens with zero attached hydrogens (tertiary/aromatic N) is 6. The molecule has 0 atom stereocenters. The van der Waals surface area contributed by atoms with Crippen LogP contribution in [0.3, 0.4) is 0 Å². The predicted octanol–water partition coefficient (Wildman–Crippen LogP) is 6.59. The summed E-state index contributed by atoms with van der Waals surface area (Å²) < 4.78 is 86.2. The average Bonchev–Trinajstić information content (AvgIpc) is 3.42. The molecule has 37 heavy (non-hydrogen) atoms. The first-order valence-corrected chi connectivity index (χ1v) is 10.9. The molecule has 190 valence electrons. The molecule has 0 spiro atoms. The van der Waals surface area contributed by atoms with Crippen LogP contribution in [0.4, 0.5) is 26.3 Å². The highest BCUT2D eigenvalue weighted by Gasteiger charge is 2.37. The summed E-state index contributed by atoms with van der Waals surface area (Å²) in [6.07, 6.45) is -8.57. The molecule has 0 aliphatic rings. The predicted molar refractivity (Wildman–Crippen MR) is 119 cm³/mol. The van der Waals surface area contributed by atoms with E-state index in [1.54, 1.807) is 31.2 Å². The molecule has 14 heteroatoms. The minimum absolute atomic E-state index is 0.0710. The molecule has 0 aliphatic carbocycles. The third-order valence-corrected chi connectivity index (χ3v) is 5.93. The van der Waals surface area contributed by atoms with Gasteiger partial charge in [-0.05, 0) is 42.8 Å². The normalized spacial score (nSPS) is 12.4. The Kier molecular flexibility index (Phi) is 5.89. The summed E-state index contributed by atoms with van der Waals surface area (Å²) in [6.45, 7) is 1.15. The number of halogens is 7. The molecule has 0 aliphatic heterocycles. The van der Waals surface area contributed by atoms with Crippen molar-refractivity contribution in [1.29, 1.82) is 0 Å². The van der Waals surface area contributed by atoms with Gasteiger partial charge >= 0.3 is 12.4 Å². The monoisotopic (exact) mass is 538 g/mol. The Hall–Kier alpha value is -4.00. The maximum absolute atomic E-state index is 13.3. The summed E-state index contributed by atoms with van der Waals surface area (Å²) in [5.74, 6) is 0.284. The van der Waals surface area contributed by atoms with Gasteiger partial charge < -0.3 is 4.52 Å². The fourth-order valence-electron chi connectivity index (χ4n) is 3.82. The molecule has 0 radical (unpaired) electrons. The van der Waals surface area contributed by atoms with E-state index in [9.17, 15) is 26.3 Å². The second kappa shape index (κ2) is 8.83. The molecule has 2 aromatic carbocycles. The molecule has 5 rings (SSSR count). The third kappa shape index (κ3) is 4.61. The molecular weight excluding hydrogens is 526 g/mol. The smallest absolute Gasteiger partial charge is 0.355 e. The van der Waals surface area contributed by atoms with Crippen LogP contribution in [0.2, 0.25) is 5.02 Å². The summed E-state index contributed by atoms with van der Waals surface area (Å²) in [6, 6.07) is 8.21. The summed E-state index contributed by atoms with van der Waals surface area (Å²) in [5.41, 5.74) is -1.52. The van der Waals surface area contributed by atoms with Crippen molar-refractivity contribution in [1.82, 2.24) is 30.3 Å². The van der Waals surface area contributed by atoms with Crippen molar-refractivity contribution in [3.05, 3.63) is 76.1 Å². The standard InChI is InChI=1S/C23H13ClF6N6O/c1-11-19(20-18-17(9-31-32-20)34-37-21(18)15-4-2-3-5-16(15)24)33-35-36(11)10-12-6-13(22(25,26)27)8-14(7-12)23(28,29)30/h2-9H,10H2,1H3. The van der Waals surface area contributed by atoms with E-state index in [0.717, 1.165) is 0 Å². The number of aromatic nitrogens is 6. The van der Waals surface area contributed by atoms with Crippen LogP contribution in [0.5, 0.6) is 0 Å². The van der Waals surface area contributed by atoms with Gasteiger partial charge in [0.2, 0.25) is 0 Å². The number of alkyl halides is 6.